The number of hydrogen-bond acceptors (Lipinski definition) is 1. The summed E-state index contributed by atoms with van der Waals surface area (Å²) in [7, 11) is 0. The van der Waals surface area contributed by atoms with Crippen LogP contribution in [-0.2, 0) is 6.42 Å². The van der Waals surface area contributed by atoms with E-state index >= 15 is 0 Å². The maximum Gasteiger partial charge on any atom is 0.00824 e. The molecule has 1 rings (SSSR count). The molecule has 0 saturated carbocycles. The van der Waals surface area contributed by atoms with Gasteiger partial charge in [0.15, 0.2) is 0 Å². The molecule has 1 unspecified atom stereocenters. The van der Waals surface area contributed by atoms with Gasteiger partial charge in [0.2, 0.25) is 0 Å². The van der Waals surface area contributed by atoms with Crippen molar-refractivity contribution in [3.05, 3.63) is 47.5 Å². The topological polar surface area (TPSA) is 26.0 Å². The Hall–Kier alpha value is -1.08. The van der Waals surface area contributed by atoms with E-state index in [1.807, 2.05) is 0 Å². The molecule has 0 saturated heterocycles. The van der Waals surface area contributed by atoms with Gasteiger partial charge in [-0.2, -0.15) is 0 Å². The quantitative estimate of drug-likeness (QED) is 0.731. The van der Waals surface area contributed by atoms with Crippen LogP contribution in [0.25, 0.3) is 0 Å². The fourth-order valence-electron chi connectivity index (χ4n) is 1.66. The summed E-state index contributed by atoms with van der Waals surface area (Å²) in [6.45, 7) is 8.09. The van der Waals surface area contributed by atoms with Gasteiger partial charge in [-0.15, -0.1) is 6.58 Å². The smallest absolute Gasteiger partial charge is 0.00824 e. The molecule has 0 amide bonds. The van der Waals surface area contributed by atoms with Gasteiger partial charge < -0.3 is 5.73 Å². The Morgan fingerprint density at radius 2 is 2.07 bits per heavy atom. The number of rotatable bonds is 5. The molecule has 1 heteroatoms. The summed E-state index contributed by atoms with van der Waals surface area (Å²) in [6.07, 6.45) is 3.04. The molecule has 0 aromatic heterocycles. The van der Waals surface area contributed by atoms with Crippen molar-refractivity contribution >= 4 is 0 Å². The van der Waals surface area contributed by atoms with Gasteiger partial charge in [-0.1, -0.05) is 29.8 Å². The van der Waals surface area contributed by atoms with E-state index in [4.69, 9.17) is 5.73 Å². The maximum atomic E-state index is 6.08. The van der Waals surface area contributed by atoms with Crippen molar-refractivity contribution in [1.29, 1.82) is 0 Å². The Kier molecular flexibility index (Phi) is 4.57. The zero-order valence-corrected chi connectivity index (χ0v) is 9.79. The molecule has 0 aliphatic carbocycles. The molecule has 0 aliphatic rings. The maximum absolute atomic E-state index is 6.08. The minimum Gasteiger partial charge on any atom is -0.327 e. The first kappa shape index (κ1) is 12.0. The van der Waals surface area contributed by atoms with Crippen LogP contribution in [-0.4, -0.2) is 6.04 Å². The zero-order chi connectivity index (χ0) is 11.3. The Morgan fingerprint density at radius 1 is 1.40 bits per heavy atom. The minimum absolute atomic E-state index is 0.253. The number of hydrogen-bond donors (Lipinski definition) is 1. The van der Waals surface area contributed by atoms with Crippen molar-refractivity contribution < 1.29 is 0 Å². The molecule has 1 nitrogen and oxygen atoms in total. The van der Waals surface area contributed by atoms with Gasteiger partial charge in [-0.25, -0.2) is 0 Å². The van der Waals surface area contributed by atoms with Crippen LogP contribution in [0.3, 0.4) is 0 Å². The monoisotopic (exact) mass is 203 g/mol. The lowest BCUT2D eigenvalue weighted by Gasteiger charge is -2.13. The van der Waals surface area contributed by atoms with E-state index in [-0.39, 0.29) is 6.04 Å². The van der Waals surface area contributed by atoms with Gasteiger partial charge in [0.1, 0.15) is 0 Å². The highest BCUT2D eigenvalue weighted by Crippen LogP contribution is 2.12. The van der Waals surface area contributed by atoms with E-state index in [1.54, 1.807) is 0 Å². The second-order valence-corrected chi connectivity index (χ2v) is 4.39. The van der Waals surface area contributed by atoms with E-state index < -0.39 is 0 Å². The summed E-state index contributed by atoms with van der Waals surface area (Å²) in [5.74, 6) is 0. The van der Waals surface area contributed by atoms with Crippen LogP contribution in [0.2, 0.25) is 0 Å². The third-order valence-electron chi connectivity index (χ3n) is 2.69. The number of allylic oxidation sites excluding steroid dienone is 1. The lowest BCUT2D eigenvalue weighted by molar-refractivity contribution is 0.607. The van der Waals surface area contributed by atoms with Crippen LogP contribution in [0.4, 0.5) is 0 Å². The molecular weight excluding hydrogens is 182 g/mol. The molecule has 0 fully saturated rings. The van der Waals surface area contributed by atoms with Crippen molar-refractivity contribution in [2.75, 3.05) is 0 Å². The van der Waals surface area contributed by atoms with Crippen molar-refractivity contribution in [2.24, 2.45) is 5.73 Å². The number of aryl methyl sites for hydroxylation is 1. The third kappa shape index (κ3) is 4.30. The molecule has 2 N–H and O–H groups in total. The Labute approximate surface area is 93.0 Å². The Balaban J connectivity index is 2.47. The largest absolute Gasteiger partial charge is 0.327 e. The molecule has 1 atom stereocenters. The summed E-state index contributed by atoms with van der Waals surface area (Å²) in [6, 6.07) is 8.70. The molecule has 82 valence electrons. The summed E-state index contributed by atoms with van der Waals surface area (Å²) in [5, 5.41) is 0. The molecule has 1 aromatic carbocycles. The first-order valence-corrected chi connectivity index (χ1v) is 5.54. The predicted molar refractivity (Wildman–Crippen MR) is 66.9 cm³/mol. The van der Waals surface area contributed by atoms with Gasteiger partial charge in [0.05, 0.1) is 0 Å². The summed E-state index contributed by atoms with van der Waals surface area (Å²) in [4.78, 5) is 0. The highest BCUT2D eigenvalue weighted by Gasteiger charge is 2.05. The van der Waals surface area contributed by atoms with Crippen molar-refractivity contribution in [3.63, 3.8) is 0 Å². The minimum atomic E-state index is 0.253. The molecular formula is C14H21N. The van der Waals surface area contributed by atoms with Crippen LogP contribution in [0.1, 0.15) is 30.9 Å². The molecule has 0 aliphatic heterocycles. The lowest BCUT2D eigenvalue weighted by atomic mass is 9.98. The molecule has 1 aromatic rings. The van der Waals surface area contributed by atoms with Crippen LogP contribution in [0, 0.1) is 6.92 Å². The van der Waals surface area contributed by atoms with E-state index in [2.05, 4.69) is 44.7 Å². The van der Waals surface area contributed by atoms with Crippen LogP contribution in [0.15, 0.2) is 36.4 Å². The van der Waals surface area contributed by atoms with Crippen molar-refractivity contribution in [3.8, 4) is 0 Å². The average Bonchev–Trinajstić information content (AvgIpc) is 2.18. The molecule has 0 spiro atoms. The van der Waals surface area contributed by atoms with Crippen LogP contribution >= 0.6 is 0 Å². The third-order valence-corrected chi connectivity index (χ3v) is 2.69. The fraction of sp³-hybridized carbons (Fsp3) is 0.429. The van der Waals surface area contributed by atoms with Gasteiger partial charge in [0.25, 0.3) is 0 Å². The SMILES string of the molecule is C=C(C)CCC(N)Cc1ccccc1C. The average molecular weight is 203 g/mol. The number of benzene rings is 1. The first-order valence-electron chi connectivity index (χ1n) is 5.54. The lowest BCUT2D eigenvalue weighted by Crippen LogP contribution is -2.23. The van der Waals surface area contributed by atoms with Crippen LogP contribution in [0.5, 0.6) is 0 Å². The Morgan fingerprint density at radius 3 is 2.67 bits per heavy atom. The highest BCUT2D eigenvalue weighted by atomic mass is 14.6. The standard InChI is InChI=1S/C14H21N/c1-11(2)8-9-14(15)10-13-7-5-4-6-12(13)3/h4-7,14H,1,8-10,15H2,2-3H3. The van der Waals surface area contributed by atoms with E-state index in [1.165, 1.54) is 16.7 Å². The molecule has 0 heterocycles. The first-order chi connectivity index (χ1) is 7.09. The molecule has 15 heavy (non-hydrogen) atoms. The van der Waals surface area contributed by atoms with Gasteiger partial charge in [-0.05, 0) is 44.2 Å². The Bertz CT molecular complexity index is 328. The molecule has 0 radical (unpaired) electrons. The number of nitrogens with two attached hydrogens (primary N) is 1. The fourth-order valence-corrected chi connectivity index (χ4v) is 1.66. The van der Waals surface area contributed by atoms with E-state index in [0.717, 1.165) is 19.3 Å². The normalized spacial score (nSPS) is 12.5. The van der Waals surface area contributed by atoms with E-state index in [0.29, 0.717) is 0 Å². The summed E-state index contributed by atoms with van der Waals surface area (Å²) >= 11 is 0. The van der Waals surface area contributed by atoms with E-state index in [9.17, 15) is 0 Å². The van der Waals surface area contributed by atoms with Gasteiger partial charge >= 0.3 is 0 Å². The van der Waals surface area contributed by atoms with Crippen LogP contribution < -0.4 is 5.73 Å². The van der Waals surface area contributed by atoms with Gasteiger partial charge in [-0.3, -0.25) is 0 Å². The predicted octanol–water partition coefficient (Wildman–Crippen LogP) is 3.22. The summed E-state index contributed by atoms with van der Waals surface area (Å²) < 4.78 is 0. The zero-order valence-electron chi connectivity index (χ0n) is 9.79. The highest BCUT2D eigenvalue weighted by molar-refractivity contribution is 5.26. The second kappa shape index (κ2) is 5.72. The van der Waals surface area contributed by atoms with Crippen molar-refractivity contribution in [2.45, 2.75) is 39.2 Å². The molecule has 0 bridgehead atoms. The second-order valence-electron chi connectivity index (χ2n) is 4.39. The van der Waals surface area contributed by atoms with Gasteiger partial charge in [0, 0.05) is 6.04 Å². The van der Waals surface area contributed by atoms with Crippen molar-refractivity contribution in [1.82, 2.24) is 0 Å². The summed E-state index contributed by atoms with van der Waals surface area (Å²) in [5.41, 5.74) is 10.0.